The van der Waals surface area contributed by atoms with Crippen LogP contribution < -0.4 is 10.2 Å². The van der Waals surface area contributed by atoms with Gasteiger partial charge in [0.05, 0.1) is 6.04 Å². The number of aromatic nitrogens is 2. The SMILES string of the molecule is CC(Nc1nccc(N2CCCc3ccccc32)n1)c1ccccc1. The predicted molar refractivity (Wildman–Crippen MR) is 102 cm³/mol. The smallest absolute Gasteiger partial charge is 0.225 e. The lowest BCUT2D eigenvalue weighted by Gasteiger charge is -2.30. The zero-order chi connectivity index (χ0) is 17.1. The highest BCUT2D eigenvalue weighted by molar-refractivity contribution is 5.65. The summed E-state index contributed by atoms with van der Waals surface area (Å²) in [5, 5.41) is 3.41. The lowest BCUT2D eigenvalue weighted by Crippen LogP contribution is -2.25. The van der Waals surface area contributed by atoms with Gasteiger partial charge >= 0.3 is 0 Å². The third-order valence-electron chi connectivity index (χ3n) is 4.67. The highest BCUT2D eigenvalue weighted by Crippen LogP contribution is 2.32. The van der Waals surface area contributed by atoms with Crippen molar-refractivity contribution in [1.29, 1.82) is 0 Å². The van der Waals surface area contributed by atoms with Crippen LogP contribution in [0.3, 0.4) is 0 Å². The van der Waals surface area contributed by atoms with Crippen LogP contribution in [0.2, 0.25) is 0 Å². The van der Waals surface area contributed by atoms with Crippen molar-refractivity contribution in [2.75, 3.05) is 16.8 Å². The van der Waals surface area contributed by atoms with E-state index in [2.05, 4.69) is 70.7 Å². The third-order valence-corrected chi connectivity index (χ3v) is 4.67. The first-order valence-corrected chi connectivity index (χ1v) is 8.81. The van der Waals surface area contributed by atoms with Crippen LogP contribution in [0, 0.1) is 0 Å². The van der Waals surface area contributed by atoms with Crippen molar-refractivity contribution in [2.45, 2.75) is 25.8 Å². The van der Waals surface area contributed by atoms with Gasteiger partial charge in [0.25, 0.3) is 0 Å². The topological polar surface area (TPSA) is 41.1 Å². The number of para-hydroxylation sites is 1. The molecule has 4 rings (SSSR count). The van der Waals surface area contributed by atoms with E-state index in [1.54, 1.807) is 0 Å². The molecule has 1 N–H and O–H groups in total. The maximum atomic E-state index is 4.76. The molecular formula is C21H22N4. The molecule has 1 aliphatic rings. The van der Waals surface area contributed by atoms with Crippen LogP contribution in [-0.2, 0) is 6.42 Å². The van der Waals surface area contributed by atoms with Crippen molar-refractivity contribution in [3.63, 3.8) is 0 Å². The second-order valence-corrected chi connectivity index (χ2v) is 6.40. The molecule has 0 saturated carbocycles. The van der Waals surface area contributed by atoms with Crippen molar-refractivity contribution in [1.82, 2.24) is 9.97 Å². The normalized spacial score (nSPS) is 14.7. The first kappa shape index (κ1) is 15.6. The number of fused-ring (bicyclic) bond motifs is 1. The summed E-state index contributed by atoms with van der Waals surface area (Å²) in [6.45, 7) is 3.11. The second-order valence-electron chi connectivity index (χ2n) is 6.40. The molecule has 0 spiro atoms. The van der Waals surface area contributed by atoms with Gasteiger partial charge < -0.3 is 10.2 Å². The maximum absolute atomic E-state index is 4.76. The summed E-state index contributed by atoms with van der Waals surface area (Å²) in [6.07, 6.45) is 4.11. The quantitative estimate of drug-likeness (QED) is 0.750. The molecule has 1 unspecified atom stereocenters. The van der Waals surface area contributed by atoms with Crippen LogP contribution in [0.4, 0.5) is 17.5 Å². The minimum Gasteiger partial charge on any atom is -0.348 e. The molecule has 1 aromatic heterocycles. The predicted octanol–water partition coefficient (Wildman–Crippen LogP) is 4.73. The van der Waals surface area contributed by atoms with E-state index < -0.39 is 0 Å². The number of aryl methyl sites for hydroxylation is 1. The molecule has 2 aromatic carbocycles. The summed E-state index contributed by atoms with van der Waals surface area (Å²) in [4.78, 5) is 11.5. The Labute approximate surface area is 148 Å². The Bertz CT molecular complexity index is 847. The fourth-order valence-corrected chi connectivity index (χ4v) is 3.36. The summed E-state index contributed by atoms with van der Waals surface area (Å²) in [5.74, 6) is 1.61. The number of anilines is 3. The van der Waals surface area contributed by atoms with Crippen molar-refractivity contribution in [3.8, 4) is 0 Å². The van der Waals surface area contributed by atoms with Gasteiger partial charge in [0.15, 0.2) is 0 Å². The summed E-state index contributed by atoms with van der Waals surface area (Å²) >= 11 is 0. The van der Waals surface area contributed by atoms with Crippen molar-refractivity contribution in [2.24, 2.45) is 0 Å². The first-order chi connectivity index (χ1) is 12.3. The zero-order valence-corrected chi connectivity index (χ0v) is 14.4. The molecule has 0 saturated heterocycles. The minimum absolute atomic E-state index is 0.157. The zero-order valence-electron chi connectivity index (χ0n) is 14.4. The Hall–Kier alpha value is -2.88. The molecule has 0 fully saturated rings. The fourth-order valence-electron chi connectivity index (χ4n) is 3.36. The molecule has 0 radical (unpaired) electrons. The van der Waals surface area contributed by atoms with Crippen LogP contribution >= 0.6 is 0 Å². The van der Waals surface area contributed by atoms with Gasteiger partial charge in [-0.2, -0.15) is 4.98 Å². The van der Waals surface area contributed by atoms with Crippen LogP contribution in [-0.4, -0.2) is 16.5 Å². The number of nitrogens with one attached hydrogen (secondary N) is 1. The summed E-state index contributed by atoms with van der Waals surface area (Å²) in [5.41, 5.74) is 3.87. The molecule has 1 aliphatic heterocycles. The van der Waals surface area contributed by atoms with Crippen LogP contribution in [0.5, 0.6) is 0 Å². The second kappa shape index (κ2) is 6.93. The van der Waals surface area contributed by atoms with Gasteiger partial charge in [0.1, 0.15) is 5.82 Å². The molecular weight excluding hydrogens is 308 g/mol. The molecule has 4 nitrogen and oxygen atoms in total. The van der Waals surface area contributed by atoms with E-state index in [0.717, 1.165) is 25.2 Å². The Morgan fingerprint density at radius 3 is 2.68 bits per heavy atom. The highest BCUT2D eigenvalue weighted by Gasteiger charge is 2.19. The van der Waals surface area contributed by atoms with E-state index in [4.69, 9.17) is 4.98 Å². The van der Waals surface area contributed by atoms with E-state index in [1.165, 1.54) is 16.8 Å². The lowest BCUT2D eigenvalue weighted by atomic mass is 10.0. The molecule has 126 valence electrons. The van der Waals surface area contributed by atoms with E-state index in [1.807, 2.05) is 18.3 Å². The Morgan fingerprint density at radius 1 is 1.00 bits per heavy atom. The van der Waals surface area contributed by atoms with E-state index in [0.29, 0.717) is 5.95 Å². The molecule has 3 aromatic rings. The molecule has 2 heterocycles. The summed E-state index contributed by atoms with van der Waals surface area (Å²) in [6, 6.07) is 21.1. The van der Waals surface area contributed by atoms with Gasteiger partial charge in [0.2, 0.25) is 5.95 Å². The summed E-state index contributed by atoms with van der Waals surface area (Å²) < 4.78 is 0. The largest absolute Gasteiger partial charge is 0.348 e. The molecule has 0 amide bonds. The standard InChI is InChI=1S/C21H22N4/c1-16(17-8-3-2-4-9-17)23-21-22-14-13-20(24-21)25-15-7-11-18-10-5-6-12-19(18)25/h2-6,8-10,12-14,16H,7,11,15H2,1H3,(H,22,23,24). The Kier molecular flexibility index (Phi) is 4.34. The fraction of sp³-hybridized carbons (Fsp3) is 0.238. The first-order valence-electron chi connectivity index (χ1n) is 8.81. The van der Waals surface area contributed by atoms with Crippen molar-refractivity contribution < 1.29 is 0 Å². The van der Waals surface area contributed by atoms with Gasteiger partial charge in [0, 0.05) is 18.4 Å². The van der Waals surface area contributed by atoms with Gasteiger partial charge in [-0.3, -0.25) is 0 Å². The van der Waals surface area contributed by atoms with Crippen LogP contribution in [0.15, 0.2) is 66.9 Å². The number of rotatable bonds is 4. The Morgan fingerprint density at radius 2 is 1.80 bits per heavy atom. The lowest BCUT2D eigenvalue weighted by molar-refractivity contribution is 0.757. The molecule has 1 atom stereocenters. The summed E-state index contributed by atoms with van der Waals surface area (Å²) in [7, 11) is 0. The van der Waals surface area contributed by atoms with Crippen LogP contribution in [0.1, 0.15) is 30.5 Å². The third kappa shape index (κ3) is 3.33. The molecule has 0 aliphatic carbocycles. The van der Waals surface area contributed by atoms with E-state index in [-0.39, 0.29) is 6.04 Å². The molecule has 0 bridgehead atoms. The van der Waals surface area contributed by atoms with Crippen LogP contribution in [0.25, 0.3) is 0 Å². The molecule has 4 heteroatoms. The van der Waals surface area contributed by atoms with Crippen molar-refractivity contribution in [3.05, 3.63) is 78.0 Å². The van der Waals surface area contributed by atoms with Crippen molar-refractivity contribution >= 4 is 17.5 Å². The van der Waals surface area contributed by atoms with Gasteiger partial charge in [-0.05, 0) is 43.0 Å². The van der Waals surface area contributed by atoms with Gasteiger partial charge in [-0.1, -0.05) is 48.5 Å². The average molecular weight is 330 g/mol. The number of nitrogens with zero attached hydrogens (tertiary/aromatic N) is 3. The van der Waals surface area contributed by atoms with Gasteiger partial charge in [-0.15, -0.1) is 0 Å². The number of hydrogen-bond acceptors (Lipinski definition) is 4. The van der Waals surface area contributed by atoms with E-state index >= 15 is 0 Å². The average Bonchev–Trinajstić information content (AvgIpc) is 2.68. The van der Waals surface area contributed by atoms with Gasteiger partial charge in [-0.25, -0.2) is 4.98 Å². The molecule has 25 heavy (non-hydrogen) atoms. The monoisotopic (exact) mass is 330 g/mol. The van der Waals surface area contributed by atoms with E-state index in [9.17, 15) is 0 Å². The minimum atomic E-state index is 0.157. The maximum Gasteiger partial charge on any atom is 0.225 e. The highest BCUT2D eigenvalue weighted by atomic mass is 15.2. The number of benzene rings is 2. The Balaban J connectivity index is 1.58. The number of hydrogen-bond donors (Lipinski definition) is 1.